The molecule has 3 aromatic rings. The van der Waals surface area contributed by atoms with E-state index in [1.165, 1.54) is 12.1 Å². The number of aryl methyl sites for hydroxylation is 2. The molecule has 4 rings (SSSR count). The van der Waals surface area contributed by atoms with Crippen LogP contribution in [0.4, 0.5) is 4.39 Å². The number of nitrogens with one attached hydrogen (secondary N) is 1. The van der Waals surface area contributed by atoms with E-state index in [2.05, 4.69) is 20.2 Å². The topological polar surface area (TPSA) is 78.3 Å². The van der Waals surface area contributed by atoms with Gasteiger partial charge in [0.2, 0.25) is 5.91 Å². The van der Waals surface area contributed by atoms with Crippen LogP contribution in [0.25, 0.3) is 10.9 Å². The van der Waals surface area contributed by atoms with Crippen molar-refractivity contribution in [1.29, 1.82) is 0 Å². The van der Waals surface area contributed by atoms with Gasteiger partial charge in [-0.3, -0.25) is 9.69 Å². The van der Waals surface area contributed by atoms with Crippen LogP contribution >= 0.6 is 0 Å². The molecule has 2 aromatic heterocycles. The van der Waals surface area contributed by atoms with E-state index in [0.29, 0.717) is 19.6 Å². The van der Waals surface area contributed by atoms with Gasteiger partial charge in [0.15, 0.2) is 0 Å². The SMILES string of the molecule is Cc1nonc1CN1CCN(C(=O)Cc2c(C)[nH]c3ccc(F)cc23)CC1. The van der Waals surface area contributed by atoms with Crippen LogP contribution in [0.3, 0.4) is 0 Å². The van der Waals surface area contributed by atoms with E-state index in [0.717, 1.165) is 46.6 Å². The maximum atomic E-state index is 13.6. The molecule has 27 heavy (non-hydrogen) atoms. The monoisotopic (exact) mass is 371 g/mol. The lowest BCUT2D eigenvalue weighted by molar-refractivity contribution is -0.132. The van der Waals surface area contributed by atoms with Crippen molar-refractivity contribution in [2.75, 3.05) is 26.2 Å². The van der Waals surface area contributed by atoms with Crippen LogP contribution < -0.4 is 0 Å². The predicted octanol–water partition coefficient (Wildman–Crippen LogP) is 2.19. The fourth-order valence-electron chi connectivity index (χ4n) is 3.61. The summed E-state index contributed by atoms with van der Waals surface area (Å²) in [4.78, 5) is 20.1. The second-order valence-corrected chi connectivity index (χ2v) is 7.05. The number of H-pyrrole nitrogens is 1. The number of nitrogens with zero attached hydrogens (tertiary/aromatic N) is 4. The van der Waals surface area contributed by atoms with E-state index >= 15 is 0 Å². The number of carbonyl (C=O) groups is 1. The minimum absolute atomic E-state index is 0.0715. The minimum atomic E-state index is -0.290. The Morgan fingerprint density at radius 2 is 2.00 bits per heavy atom. The Kier molecular flexibility index (Phi) is 4.65. The standard InChI is InChI=1S/C19H22FN5O2/c1-12-15(16-9-14(20)3-4-17(16)21-12)10-19(26)25-7-5-24(6-8-25)11-18-13(2)22-27-23-18/h3-4,9,21H,5-8,10-11H2,1-2H3. The number of amides is 1. The first kappa shape index (κ1) is 17.7. The van der Waals surface area contributed by atoms with Crippen molar-refractivity contribution in [3.8, 4) is 0 Å². The average Bonchev–Trinajstić information content (AvgIpc) is 3.19. The molecule has 0 saturated carbocycles. The molecule has 1 saturated heterocycles. The summed E-state index contributed by atoms with van der Waals surface area (Å²) in [5, 5.41) is 8.50. The minimum Gasteiger partial charge on any atom is -0.358 e. The maximum absolute atomic E-state index is 13.6. The highest BCUT2D eigenvalue weighted by molar-refractivity contribution is 5.90. The molecule has 0 bridgehead atoms. The Morgan fingerprint density at radius 3 is 2.70 bits per heavy atom. The molecule has 7 nitrogen and oxygen atoms in total. The van der Waals surface area contributed by atoms with Crippen LogP contribution in [0.5, 0.6) is 0 Å². The summed E-state index contributed by atoms with van der Waals surface area (Å²) in [7, 11) is 0. The number of aromatic amines is 1. The lowest BCUT2D eigenvalue weighted by atomic mass is 10.1. The maximum Gasteiger partial charge on any atom is 0.227 e. The van der Waals surface area contributed by atoms with Crippen LogP contribution in [-0.4, -0.2) is 57.2 Å². The third-order valence-corrected chi connectivity index (χ3v) is 5.25. The zero-order valence-corrected chi connectivity index (χ0v) is 15.5. The summed E-state index contributed by atoms with van der Waals surface area (Å²) in [5.41, 5.74) is 4.29. The molecule has 0 aliphatic carbocycles. The van der Waals surface area contributed by atoms with Gasteiger partial charge in [-0.1, -0.05) is 10.3 Å². The van der Waals surface area contributed by atoms with Crippen molar-refractivity contribution in [1.82, 2.24) is 25.1 Å². The number of piperazine rings is 1. The quantitative estimate of drug-likeness (QED) is 0.761. The number of benzene rings is 1. The fourth-order valence-corrected chi connectivity index (χ4v) is 3.61. The van der Waals surface area contributed by atoms with Gasteiger partial charge in [0.25, 0.3) is 0 Å². The molecule has 0 radical (unpaired) electrons. The summed E-state index contributed by atoms with van der Waals surface area (Å²) >= 11 is 0. The first-order valence-electron chi connectivity index (χ1n) is 9.06. The third-order valence-electron chi connectivity index (χ3n) is 5.25. The lowest BCUT2D eigenvalue weighted by Crippen LogP contribution is -2.48. The van der Waals surface area contributed by atoms with E-state index in [1.54, 1.807) is 6.07 Å². The van der Waals surface area contributed by atoms with E-state index in [9.17, 15) is 9.18 Å². The number of aromatic nitrogens is 3. The van der Waals surface area contributed by atoms with Gasteiger partial charge in [-0.15, -0.1) is 0 Å². The summed E-state index contributed by atoms with van der Waals surface area (Å²) in [6.07, 6.45) is 0.279. The number of rotatable bonds is 4. The van der Waals surface area contributed by atoms with Crippen molar-refractivity contribution in [3.63, 3.8) is 0 Å². The van der Waals surface area contributed by atoms with Crippen LogP contribution in [0, 0.1) is 19.7 Å². The molecule has 0 spiro atoms. The Balaban J connectivity index is 1.39. The van der Waals surface area contributed by atoms with Crippen LogP contribution in [-0.2, 0) is 17.8 Å². The normalized spacial score (nSPS) is 15.6. The number of hydrogen-bond acceptors (Lipinski definition) is 5. The number of carbonyl (C=O) groups excluding carboxylic acids is 1. The Morgan fingerprint density at radius 1 is 1.22 bits per heavy atom. The second kappa shape index (κ2) is 7.11. The summed E-state index contributed by atoms with van der Waals surface area (Å²) in [6.45, 7) is 7.36. The second-order valence-electron chi connectivity index (χ2n) is 7.05. The average molecular weight is 371 g/mol. The Labute approximate surface area is 156 Å². The van der Waals surface area contributed by atoms with E-state index < -0.39 is 0 Å². The molecule has 1 amide bonds. The van der Waals surface area contributed by atoms with E-state index in [1.807, 2.05) is 18.7 Å². The zero-order chi connectivity index (χ0) is 19.0. The molecule has 142 valence electrons. The highest BCUT2D eigenvalue weighted by Crippen LogP contribution is 2.24. The third kappa shape index (κ3) is 3.57. The molecular weight excluding hydrogens is 349 g/mol. The van der Waals surface area contributed by atoms with Gasteiger partial charge in [0.05, 0.1) is 6.42 Å². The first-order valence-corrected chi connectivity index (χ1v) is 9.06. The predicted molar refractivity (Wildman–Crippen MR) is 97.6 cm³/mol. The van der Waals surface area contributed by atoms with Crippen LogP contribution in [0.2, 0.25) is 0 Å². The van der Waals surface area contributed by atoms with E-state index in [4.69, 9.17) is 4.63 Å². The highest BCUT2D eigenvalue weighted by atomic mass is 19.1. The van der Waals surface area contributed by atoms with Gasteiger partial charge in [-0.05, 0) is 37.6 Å². The summed E-state index contributed by atoms with van der Waals surface area (Å²) in [5.74, 6) is -0.219. The molecule has 1 aliphatic heterocycles. The molecule has 0 unspecified atom stereocenters. The molecule has 1 fully saturated rings. The van der Waals surface area contributed by atoms with Gasteiger partial charge >= 0.3 is 0 Å². The molecular formula is C19H22FN5O2. The van der Waals surface area contributed by atoms with Crippen molar-refractivity contribution >= 4 is 16.8 Å². The van der Waals surface area contributed by atoms with Gasteiger partial charge in [0, 0.05) is 49.3 Å². The molecule has 8 heteroatoms. The van der Waals surface area contributed by atoms with Gasteiger partial charge in [0.1, 0.15) is 17.2 Å². The highest BCUT2D eigenvalue weighted by Gasteiger charge is 2.24. The summed E-state index contributed by atoms with van der Waals surface area (Å²) < 4.78 is 18.4. The molecule has 3 heterocycles. The number of halogens is 1. The smallest absolute Gasteiger partial charge is 0.227 e. The molecule has 0 atom stereocenters. The molecule has 1 aliphatic rings. The van der Waals surface area contributed by atoms with Crippen molar-refractivity contribution in [2.45, 2.75) is 26.8 Å². The number of fused-ring (bicyclic) bond motifs is 1. The summed E-state index contributed by atoms with van der Waals surface area (Å²) in [6, 6.07) is 4.63. The van der Waals surface area contributed by atoms with Gasteiger partial charge in [-0.25, -0.2) is 9.02 Å². The zero-order valence-electron chi connectivity index (χ0n) is 15.5. The van der Waals surface area contributed by atoms with E-state index in [-0.39, 0.29) is 18.1 Å². The first-order chi connectivity index (χ1) is 13.0. The molecule has 1 aromatic carbocycles. The Bertz CT molecular complexity index is 972. The van der Waals surface area contributed by atoms with Crippen LogP contribution in [0.1, 0.15) is 22.6 Å². The van der Waals surface area contributed by atoms with Gasteiger partial charge in [-0.2, -0.15) is 0 Å². The Hall–Kier alpha value is -2.74. The van der Waals surface area contributed by atoms with Crippen LogP contribution in [0.15, 0.2) is 22.8 Å². The van der Waals surface area contributed by atoms with Crippen molar-refractivity contribution in [3.05, 3.63) is 46.7 Å². The van der Waals surface area contributed by atoms with Crippen molar-refractivity contribution < 1.29 is 13.8 Å². The number of hydrogen-bond donors (Lipinski definition) is 1. The lowest BCUT2D eigenvalue weighted by Gasteiger charge is -2.34. The fraction of sp³-hybridized carbons (Fsp3) is 0.421. The molecule has 1 N–H and O–H groups in total. The van der Waals surface area contributed by atoms with Gasteiger partial charge < -0.3 is 9.88 Å². The largest absolute Gasteiger partial charge is 0.358 e. The van der Waals surface area contributed by atoms with Crippen molar-refractivity contribution in [2.24, 2.45) is 0 Å².